The van der Waals surface area contributed by atoms with Crippen LogP contribution in [-0.2, 0) is 16.0 Å². The number of benzene rings is 2. The van der Waals surface area contributed by atoms with E-state index in [2.05, 4.69) is 20.6 Å². The summed E-state index contributed by atoms with van der Waals surface area (Å²) >= 11 is 0. The van der Waals surface area contributed by atoms with Crippen LogP contribution < -0.4 is 20.3 Å². The second-order valence-electron chi connectivity index (χ2n) is 9.54. The molecule has 1 saturated heterocycles. The van der Waals surface area contributed by atoms with E-state index in [4.69, 9.17) is 4.74 Å². The Balaban J connectivity index is 1.19. The molecule has 4 heterocycles. The summed E-state index contributed by atoms with van der Waals surface area (Å²) in [5, 5.41) is 6.19. The first kappa shape index (κ1) is 23.7. The van der Waals surface area contributed by atoms with Gasteiger partial charge in [-0.15, -0.1) is 0 Å². The van der Waals surface area contributed by atoms with Crippen LogP contribution in [-0.4, -0.2) is 28.3 Å². The summed E-state index contributed by atoms with van der Waals surface area (Å²) < 4.78 is 6.26. The smallest absolute Gasteiger partial charge is 0.228 e. The van der Waals surface area contributed by atoms with E-state index in [0.717, 1.165) is 46.7 Å². The van der Waals surface area contributed by atoms with Gasteiger partial charge in [-0.3, -0.25) is 14.6 Å². The highest BCUT2D eigenvalue weighted by molar-refractivity contribution is 5.96. The van der Waals surface area contributed by atoms with Crippen molar-refractivity contribution in [3.05, 3.63) is 90.4 Å². The molecule has 2 N–H and O–H groups in total. The Labute approximate surface area is 220 Å². The van der Waals surface area contributed by atoms with Crippen LogP contribution in [0.1, 0.15) is 37.0 Å². The number of fused-ring (bicyclic) bond motifs is 3. The Bertz CT molecular complexity index is 1520. The maximum atomic E-state index is 12.5. The summed E-state index contributed by atoms with van der Waals surface area (Å²) in [6.45, 7) is 2.75. The van der Waals surface area contributed by atoms with Crippen LogP contribution >= 0.6 is 0 Å². The van der Waals surface area contributed by atoms with E-state index in [9.17, 15) is 9.59 Å². The highest BCUT2D eigenvalue weighted by Crippen LogP contribution is 2.44. The number of aromatic nitrogens is 2. The summed E-state index contributed by atoms with van der Waals surface area (Å²) in [5.74, 6) is 1.45. The summed E-state index contributed by atoms with van der Waals surface area (Å²) in [4.78, 5) is 35.4. The van der Waals surface area contributed by atoms with E-state index < -0.39 is 0 Å². The molecule has 0 saturated carbocycles. The largest absolute Gasteiger partial charge is 0.485 e. The molecule has 8 nitrogen and oxygen atoms in total. The fourth-order valence-electron chi connectivity index (χ4n) is 4.99. The number of anilines is 4. The number of nitrogens with one attached hydrogen (secondary N) is 2. The van der Waals surface area contributed by atoms with Crippen molar-refractivity contribution in [3.63, 3.8) is 0 Å². The molecular formula is C30H27N5O3. The third-order valence-corrected chi connectivity index (χ3v) is 6.82. The lowest BCUT2D eigenvalue weighted by atomic mass is 9.94. The minimum atomic E-state index is -0.188. The van der Waals surface area contributed by atoms with E-state index in [1.54, 1.807) is 12.4 Å². The first-order valence-electron chi connectivity index (χ1n) is 12.7. The number of carbonyl (C=O) groups excluding carboxylic acids is 2. The van der Waals surface area contributed by atoms with Gasteiger partial charge in [-0.1, -0.05) is 30.3 Å². The molecule has 0 bridgehead atoms. The molecule has 1 atom stereocenters. The fraction of sp³-hybridized carbons (Fsp3) is 0.200. The van der Waals surface area contributed by atoms with Crippen molar-refractivity contribution in [3.8, 4) is 16.9 Å². The zero-order valence-electron chi connectivity index (χ0n) is 21.0. The van der Waals surface area contributed by atoms with Crippen molar-refractivity contribution in [2.24, 2.45) is 0 Å². The van der Waals surface area contributed by atoms with Gasteiger partial charge in [-0.2, -0.15) is 0 Å². The molecule has 2 aliphatic heterocycles. The van der Waals surface area contributed by atoms with Gasteiger partial charge in [-0.25, -0.2) is 4.98 Å². The van der Waals surface area contributed by atoms with E-state index in [1.807, 2.05) is 78.7 Å². The van der Waals surface area contributed by atoms with Gasteiger partial charge in [0, 0.05) is 47.6 Å². The topological polar surface area (TPSA) is 96.4 Å². The van der Waals surface area contributed by atoms with E-state index >= 15 is 0 Å². The van der Waals surface area contributed by atoms with E-state index in [0.29, 0.717) is 30.0 Å². The molecule has 4 aromatic rings. The number of rotatable bonds is 6. The van der Waals surface area contributed by atoms with Crippen molar-refractivity contribution in [2.75, 3.05) is 22.1 Å². The quantitative estimate of drug-likeness (QED) is 0.352. The summed E-state index contributed by atoms with van der Waals surface area (Å²) in [6, 6.07) is 19.3. The van der Waals surface area contributed by atoms with Gasteiger partial charge in [0.05, 0.1) is 30.2 Å². The number of nitrogens with zero attached hydrogens (tertiary/aromatic N) is 3. The molecule has 2 aliphatic rings. The molecule has 6 rings (SSSR count). The monoisotopic (exact) mass is 505 g/mol. The van der Waals surface area contributed by atoms with Crippen LogP contribution in [0.15, 0.2) is 79.3 Å². The van der Waals surface area contributed by atoms with Crippen LogP contribution in [0.25, 0.3) is 11.1 Å². The van der Waals surface area contributed by atoms with Crippen molar-refractivity contribution in [1.82, 2.24) is 9.97 Å². The summed E-state index contributed by atoms with van der Waals surface area (Å²) in [7, 11) is 0. The maximum absolute atomic E-state index is 12.5. The average molecular weight is 506 g/mol. The maximum Gasteiger partial charge on any atom is 0.228 e. The molecule has 1 unspecified atom stereocenters. The fourth-order valence-corrected chi connectivity index (χ4v) is 4.99. The first-order valence-corrected chi connectivity index (χ1v) is 12.7. The Hall–Kier alpha value is -4.72. The number of ether oxygens (including phenoxy) is 1. The van der Waals surface area contributed by atoms with Gasteiger partial charge in [-0.05, 0) is 43.2 Å². The number of pyridine rings is 2. The molecule has 0 spiro atoms. The van der Waals surface area contributed by atoms with Crippen LogP contribution in [0.4, 0.5) is 22.9 Å². The lowest BCUT2D eigenvalue weighted by molar-refractivity contribution is -0.117. The van der Waals surface area contributed by atoms with Crippen molar-refractivity contribution in [1.29, 1.82) is 0 Å². The predicted octanol–water partition coefficient (Wildman–Crippen LogP) is 5.65. The number of hydrogen-bond acceptors (Lipinski definition) is 6. The minimum Gasteiger partial charge on any atom is -0.485 e. The third-order valence-electron chi connectivity index (χ3n) is 6.82. The zero-order chi connectivity index (χ0) is 26.1. The van der Waals surface area contributed by atoms with E-state index in [1.165, 1.54) is 0 Å². The molecule has 0 radical (unpaired) electrons. The normalized spacial score (nSPS) is 15.9. The Morgan fingerprint density at radius 3 is 2.68 bits per heavy atom. The molecule has 2 aromatic carbocycles. The number of carbonyl (C=O) groups is 2. The van der Waals surface area contributed by atoms with Gasteiger partial charge in [0.15, 0.2) is 0 Å². The van der Waals surface area contributed by atoms with Crippen molar-refractivity contribution in [2.45, 2.75) is 32.3 Å². The van der Waals surface area contributed by atoms with Crippen LogP contribution in [0.3, 0.4) is 0 Å². The Morgan fingerprint density at radius 1 is 1.03 bits per heavy atom. The van der Waals surface area contributed by atoms with Gasteiger partial charge >= 0.3 is 0 Å². The summed E-state index contributed by atoms with van der Waals surface area (Å²) in [6.07, 6.45) is 6.72. The first-order chi connectivity index (χ1) is 18.5. The standard InChI is InChI=1S/C30H27N5O3/c1-19-25-15-28(33-21-13-22(17-31-16-21)34-29(36)12-20-6-3-2-4-7-20)32-18-26(25)24-10-9-23(14-27(24)38-19)35-11-5-8-30(35)37/h2-4,6-7,9-10,13-19H,5,8,11-12H2,1H3,(H,32,33)(H,34,36). The lowest BCUT2D eigenvalue weighted by Crippen LogP contribution is -2.24. The molecule has 2 aromatic heterocycles. The second-order valence-corrected chi connectivity index (χ2v) is 9.54. The molecule has 2 amide bonds. The summed E-state index contributed by atoms with van der Waals surface area (Å²) in [5.41, 5.74) is 6.10. The number of amides is 2. The second kappa shape index (κ2) is 9.97. The molecule has 38 heavy (non-hydrogen) atoms. The minimum absolute atomic E-state index is 0.107. The van der Waals surface area contributed by atoms with Gasteiger partial charge < -0.3 is 20.3 Å². The molecule has 0 aliphatic carbocycles. The average Bonchev–Trinajstić information content (AvgIpc) is 3.35. The molecular weight excluding hydrogens is 478 g/mol. The van der Waals surface area contributed by atoms with Crippen LogP contribution in [0.5, 0.6) is 5.75 Å². The zero-order valence-corrected chi connectivity index (χ0v) is 21.0. The van der Waals surface area contributed by atoms with Crippen molar-refractivity contribution >= 4 is 34.7 Å². The highest BCUT2D eigenvalue weighted by atomic mass is 16.5. The van der Waals surface area contributed by atoms with Gasteiger partial charge in [0.1, 0.15) is 17.7 Å². The molecule has 1 fully saturated rings. The van der Waals surface area contributed by atoms with Crippen LogP contribution in [0, 0.1) is 0 Å². The molecule has 8 heteroatoms. The van der Waals surface area contributed by atoms with Gasteiger partial charge in [0.25, 0.3) is 0 Å². The molecule has 190 valence electrons. The number of hydrogen-bond donors (Lipinski definition) is 2. The predicted molar refractivity (Wildman–Crippen MR) is 147 cm³/mol. The van der Waals surface area contributed by atoms with Crippen molar-refractivity contribution < 1.29 is 14.3 Å². The lowest BCUT2D eigenvalue weighted by Gasteiger charge is -2.28. The third kappa shape index (κ3) is 4.80. The van der Waals surface area contributed by atoms with Gasteiger partial charge in [0.2, 0.25) is 11.8 Å². The Morgan fingerprint density at radius 2 is 1.87 bits per heavy atom. The SMILES string of the molecule is CC1Oc2cc(N3CCCC3=O)ccc2-c2cnc(Nc3cncc(NC(=O)Cc4ccccc4)c3)cc21. The van der Waals surface area contributed by atoms with E-state index in [-0.39, 0.29) is 17.9 Å². The highest BCUT2D eigenvalue weighted by Gasteiger charge is 2.27. The Kier molecular flexibility index (Phi) is 6.21. The van der Waals surface area contributed by atoms with Crippen LogP contribution in [0.2, 0.25) is 0 Å².